The third-order valence-electron chi connectivity index (χ3n) is 4.73. The minimum atomic E-state index is 0.437. The second-order valence-electron chi connectivity index (χ2n) is 6.24. The highest BCUT2D eigenvalue weighted by Gasteiger charge is 2.50. The summed E-state index contributed by atoms with van der Waals surface area (Å²) in [5, 5.41) is 3.59. The first-order valence-electron chi connectivity index (χ1n) is 7.54. The quantitative estimate of drug-likeness (QED) is 0.736. The largest absolute Gasteiger partial charge is 0.377 e. The van der Waals surface area contributed by atoms with Gasteiger partial charge in [-0.3, -0.25) is 0 Å². The van der Waals surface area contributed by atoms with Gasteiger partial charge in [0, 0.05) is 18.6 Å². The van der Waals surface area contributed by atoms with Gasteiger partial charge in [-0.05, 0) is 44.1 Å². The standard InChI is InChI=1S/C15H29NO/c1-4-12(3)10-15(11-16-5-2)8-9-17-14(15)13-6-7-13/h12-14,16H,4-11H2,1-3H3. The zero-order valence-electron chi connectivity index (χ0n) is 11.8. The molecule has 1 saturated heterocycles. The van der Waals surface area contributed by atoms with E-state index in [1.807, 2.05) is 0 Å². The summed E-state index contributed by atoms with van der Waals surface area (Å²) in [7, 11) is 0. The van der Waals surface area contributed by atoms with Gasteiger partial charge in [-0.15, -0.1) is 0 Å². The number of hydrogen-bond donors (Lipinski definition) is 1. The first-order valence-corrected chi connectivity index (χ1v) is 7.54. The van der Waals surface area contributed by atoms with E-state index in [0.29, 0.717) is 11.5 Å². The Kier molecular flexibility index (Phi) is 4.48. The van der Waals surface area contributed by atoms with Crippen LogP contribution in [0.1, 0.15) is 52.9 Å². The summed E-state index contributed by atoms with van der Waals surface area (Å²) >= 11 is 0. The molecule has 2 heteroatoms. The predicted octanol–water partition coefficient (Wildman–Crippen LogP) is 3.22. The van der Waals surface area contributed by atoms with E-state index >= 15 is 0 Å². The lowest BCUT2D eigenvalue weighted by atomic mass is 9.72. The summed E-state index contributed by atoms with van der Waals surface area (Å²) in [6.07, 6.45) is 7.27. The number of nitrogens with one attached hydrogen (secondary N) is 1. The van der Waals surface area contributed by atoms with E-state index in [4.69, 9.17) is 4.74 Å². The second kappa shape index (κ2) is 5.71. The Bertz CT molecular complexity index is 239. The Morgan fingerprint density at radius 1 is 1.35 bits per heavy atom. The third-order valence-corrected chi connectivity index (χ3v) is 4.73. The normalized spacial score (nSPS) is 35.1. The summed E-state index contributed by atoms with van der Waals surface area (Å²) in [4.78, 5) is 0. The van der Waals surface area contributed by atoms with Gasteiger partial charge >= 0.3 is 0 Å². The van der Waals surface area contributed by atoms with Crippen LogP contribution in [0.4, 0.5) is 0 Å². The first-order chi connectivity index (χ1) is 8.22. The smallest absolute Gasteiger partial charge is 0.0672 e. The molecule has 0 spiro atoms. The SMILES string of the molecule is CCNCC1(CC(C)CC)CCOC1C1CC1. The molecule has 2 aliphatic rings. The van der Waals surface area contributed by atoms with E-state index in [1.54, 1.807) is 0 Å². The molecule has 1 aliphatic carbocycles. The maximum absolute atomic E-state index is 6.10. The molecule has 1 heterocycles. The van der Waals surface area contributed by atoms with Crippen LogP contribution in [0, 0.1) is 17.3 Å². The Labute approximate surface area is 107 Å². The van der Waals surface area contributed by atoms with E-state index in [-0.39, 0.29) is 0 Å². The molecular weight excluding hydrogens is 210 g/mol. The van der Waals surface area contributed by atoms with Gasteiger partial charge in [-0.1, -0.05) is 27.2 Å². The maximum Gasteiger partial charge on any atom is 0.0672 e. The molecule has 0 aromatic carbocycles. The molecule has 0 radical (unpaired) electrons. The van der Waals surface area contributed by atoms with Crippen LogP contribution in [0.5, 0.6) is 0 Å². The van der Waals surface area contributed by atoms with Crippen LogP contribution in [-0.2, 0) is 4.74 Å². The number of hydrogen-bond acceptors (Lipinski definition) is 2. The third kappa shape index (κ3) is 3.03. The Balaban J connectivity index is 2.04. The van der Waals surface area contributed by atoms with Crippen molar-refractivity contribution in [2.45, 2.75) is 59.0 Å². The molecule has 0 bridgehead atoms. The molecule has 2 nitrogen and oxygen atoms in total. The van der Waals surface area contributed by atoms with Crippen LogP contribution >= 0.6 is 0 Å². The molecule has 17 heavy (non-hydrogen) atoms. The van der Waals surface area contributed by atoms with E-state index in [2.05, 4.69) is 26.1 Å². The average molecular weight is 239 g/mol. The Morgan fingerprint density at radius 3 is 2.71 bits per heavy atom. The number of rotatable bonds is 7. The summed E-state index contributed by atoms with van der Waals surface area (Å²) in [5.41, 5.74) is 0.437. The zero-order chi connectivity index (χ0) is 12.3. The molecule has 1 aliphatic heterocycles. The van der Waals surface area contributed by atoms with Crippen molar-refractivity contribution in [3.63, 3.8) is 0 Å². The zero-order valence-corrected chi connectivity index (χ0v) is 11.8. The summed E-state index contributed by atoms with van der Waals surface area (Å²) in [6, 6.07) is 0. The van der Waals surface area contributed by atoms with Gasteiger partial charge in [0.1, 0.15) is 0 Å². The highest BCUT2D eigenvalue weighted by atomic mass is 16.5. The molecule has 3 unspecified atom stereocenters. The molecule has 3 atom stereocenters. The first kappa shape index (κ1) is 13.4. The highest BCUT2D eigenvalue weighted by Crippen LogP contribution is 2.50. The molecule has 0 amide bonds. The van der Waals surface area contributed by atoms with Crippen molar-refractivity contribution in [3.8, 4) is 0 Å². The molecule has 1 N–H and O–H groups in total. The summed E-state index contributed by atoms with van der Waals surface area (Å²) in [5.74, 6) is 1.71. The van der Waals surface area contributed by atoms with Crippen LogP contribution in [-0.4, -0.2) is 25.8 Å². The van der Waals surface area contributed by atoms with E-state index in [9.17, 15) is 0 Å². The van der Waals surface area contributed by atoms with E-state index < -0.39 is 0 Å². The minimum Gasteiger partial charge on any atom is -0.377 e. The summed E-state index contributed by atoms with van der Waals surface area (Å²) < 4.78 is 6.10. The minimum absolute atomic E-state index is 0.437. The lowest BCUT2D eigenvalue weighted by molar-refractivity contribution is 0.0196. The van der Waals surface area contributed by atoms with Crippen molar-refractivity contribution in [1.82, 2.24) is 5.32 Å². The lowest BCUT2D eigenvalue weighted by Gasteiger charge is -2.36. The fraction of sp³-hybridized carbons (Fsp3) is 1.00. The molecule has 2 rings (SSSR count). The van der Waals surface area contributed by atoms with Crippen LogP contribution in [0.3, 0.4) is 0 Å². The van der Waals surface area contributed by atoms with E-state index in [0.717, 1.165) is 31.5 Å². The number of ether oxygens (including phenoxy) is 1. The Hall–Kier alpha value is -0.0800. The second-order valence-corrected chi connectivity index (χ2v) is 6.24. The molecule has 2 fully saturated rings. The molecule has 100 valence electrons. The highest BCUT2D eigenvalue weighted by molar-refractivity contribution is 5.01. The van der Waals surface area contributed by atoms with Gasteiger partial charge in [0.15, 0.2) is 0 Å². The van der Waals surface area contributed by atoms with Crippen LogP contribution in [0.2, 0.25) is 0 Å². The van der Waals surface area contributed by atoms with Gasteiger partial charge in [0.2, 0.25) is 0 Å². The topological polar surface area (TPSA) is 21.3 Å². The molecule has 1 saturated carbocycles. The van der Waals surface area contributed by atoms with Gasteiger partial charge < -0.3 is 10.1 Å². The van der Waals surface area contributed by atoms with Crippen LogP contribution in [0.15, 0.2) is 0 Å². The van der Waals surface area contributed by atoms with Crippen molar-refractivity contribution >= 4 is 0 Å². The van der Waals surface area contributed by atoms with E-state index in [1.165, 1.54) is 32.1 Å². The van der Waals surface area contributed by atoms with Gasteiger partial charge in [-0.2, -0.15) is 0 Å². The summed E-state index contributed by atoms with van der Waals surface area (Å²) in [6.45, 7) is 10.2. The van der Waals surface area contributed by atoms with Gasteiger partial charge in [-0.25, -0.2) is 0 Å². The van der Waals surface area contributed by atoms with Crippen molar-refractivity contribution in [1.29, 1.82) is 0 Å². The van der Waals surface area contributed by atoms with Crippen molar-refractivity contribution < 1.29 is 4.74 Å². The maximum atomic E-state index is 6.10. The lowest BCUT2D eigenvalue weighted by Crippen LogP contribution is -2.43. The van der Waals surface area contributed by atoms with Crippen molar-refractivity contribution in [2.24, 2.45) is 17.3 Å². The molecule has 0 aromatic rings. The van der Waals surface area contributed by atoms with Gasteiger partial charge in [0.25, 0.3) is 0 Å². The fourth-order valence-electron chi connectivity index (χ4n) is 3.43. The Morgan fingerprint density at radius 2 is 2.12 bits per heavy atom. The predicted molar refractivity (Wildman–Crippen MR) is 72.1 cm³/mol. The van der Waals surface area contributed by atoms with Crippen LogP contribution in [0.25, 0.3) is 0 Å². The van der Waals surface area contributed by atoms with Crippen molar-refractivity contribution in [2.75, 3.05) is 19.7 Å². The monoisotopic (exact) mass is 239 g/mol. The molecular formula is C15H29NO. The van der Waals surface area contributed by atoms with Crippen molar-refractivity contribution in [3.05, 3.63) is 0 Å². The average Bonchev–Trinajstić information content (AvgIpc) is 3.09. The fourth-order valence-corrected chi connectivity index (χ4v) is 3.43. The van der Waals surface area contributed by atoms with Gasteiger partial charge in [0.05, 0.1) is 6.10 Å². The molecule has 0 aromatic heterocycles. The van der Waals surface area contributed by atoms with Crippen LogP contribution < -0.4 is 5.32 Å².